The summed E-state index contributed by atoms with van der Waals surface area (Å²) in [5.41, 5.74) is 3.32. The Morgan fingerprint density at radius 1 is 1.12 bits per heavy atom. The number of hydrogen-bond acceptors (Lipinski definition) is 3. The van der Waals surface area contributed by atoms with Crippen LogP contribution in [0.5, 0.6) is 5.75 Å². The maximum absolute atomic E-state index is 12.8. The predicted molar refractivity (Wildman–Crippen MR) is 103 cm³/mol. The highest BCUT2D eigenvalue weighted by Gasteiger charge is 2.14. The van der Waals surface area contributed by atoms with E-state index in [1.54, 1.807) is 20.1 Å². The van der Waals surface area contributed by atoms with Gasteiger partial charge >= 0.3 is 0 Å². The van der Waals surface area contributed by atoms with Gasteiger partial charge in [-0.2, -0.15) is 0 Å². The number of ether oxygens (including phenoxy) is 1. The molecule has 0 aliphatic rings. The first-order valence-electron chi connectivity index (χ1n) is 8.51. The van der Waals surface area contributed by atoms with Crippen LogP contribution in [0.3, 0.4) is 0 Å². The average Bonchev–Trinajstić information content (AvgIpc) is 2.64. The highest BCUT2D eigenvalue weighted by atomic mass is 16.5. The largest absolute Gasteiger partial charge is 0.497 e. The molecule has 1 heterocycles. The monoisotopic (exact) mass is 334 g/mol. The van der Waals surface area contributed by atoms with Gasteiger partial charge in [-0.1, -0.05) is 49.8 Å². The van der Waals surface area contributed by atoms with Crippen molar-refractivity contribution in [2.45, 2.75) is 26.7 Å². The van der Waals surface area contributed by atoms with Crippen molar-refractivity contribution >= 4 is 23.1 Å². The lowest BCUT2D eigenvalue weighted by Gasteiger charge is -2.10. The minimum atomic E-state index is -0.00906. The molecule has 2 aromatic carbocycles. The summed E-state index contributed by atoms with van der Waals surface area (Å²) in [6.45, 7) is 3.91. The number of rotatable bonds is 5. The Kier molecular flexibility index (Phi) is 5.03. The highest BCUT2D eigenvalue weighted by molar-refractivity contribution is 5.84. The van der Waals surface area contributed by atoms with E-state index in [1.165, 1.54) is 0 Å². The molecule has 0 saturated heterocycles. The van der Waals surface area contributed by atoms with E-state index in [0.717, 1.165) is 24.0 Å². The van der Waals surface area contributed by atoms with Gasteiger partial charge in [0, 0.05) is 5.56 Å². The third kappa shape index (κ3) is 3.50. The molecule has 0 spiro atoms. The van der Waals surface area contributed by atoms with Gasteiger partial charge in [-0.15, -0.1) is 0 Å². The molecule has 3 rings (SSSR count). The number of aryl methyl sites for hydroxylation is 1. The van der Waals surface area contributed by atoms with Crippen molar-refractivity contribution < 1.29 is 9.15 Å². The highest BCUT2D eigenvalue weighted by Crippen LogP contribution is 2.27. The molecule has 25 heavy (non-hydrogen) atoms. The molecule has 0 amide bonds. The maximum Gasteiger partial charge on any atom is 0.196 e. The summed E-state index contributed by atoms with van der Waals surface area (Å²) >= 11 is 0. The van der Waals surface area contributed by atoms with E-state index < -0.39 is 0 Å². The van der Waals surface area contributed by atoms with Crippen LogP contribution in [0.1, 0.15) is 35.8 Å². The van der Waals surface area contributed by atoms with E-state index in [9.17, 15) is 4.79 Å². The summed E-state index contributed by atoms with van der Waals surface area (Å²) in [7, 11) is 1.61. The van der Waals surface area contributed by atoms with Crippen molar-refractivity contribution in [2.75, 3.05) is 7.11 Å². The fraction of sp³-hybridized carbons (Fsp3) is 0.227. The molecule has 0 saturated carbocycles. The fourth-order valence-electron chi connectivity index (χ4n) is 2.92. The minimum Gasteiger partial charge on any atom is -0.497 e. The van der Waals surface area contributed by atoms with Crippen molar-refractivity contribution in [1.29, 1.82) is 0 Å². The second kappa shape index (κ2) is 7.39. The van der Waals surface area contributed by atoms with Crippen molar-refractivity contribution in [3.8, 4) is 5.75 Å². The standard InChI is InChI=1S/C22H22O3/c1-4-8-17-13-18(24-3)14-19-21(23)15(2)20(25-22(17)19)12-11-16-9-6-5-7-10-16/h5-7,9-14H,4,8H2,1-3H3/b12-11+. The topological polar surface area (TPSA) is 39.4 Å². The van der Waals surface area contributed by atoms with Crippen LogP contribution in [-0.4, -0.2) is 7.11 Å². The molecule has 0 fully saturated rings. The smallest absolute Gasteiger partial charge is 0.196 e. The zero-order valence-electron chi connectivity index (χ0n) is 14.8. The molecule has 1 aromatic heterocycles. The summed E-state index contributed by atoms with van der Waals surface area (Å²) in [6, 6.07) is 13.7. The van der Waals surface area contributed by atoms with Crippen LogP contribution in [0.25, 0.3) is 23.1 Å². The van der Waals surface area contributed by atoms with E-state index in [4.69, 9.17) is 9.15 Å². The molecular weight excluding hydrogens is 312 g/mol. The van der Waals surface area contributed by atoms with Crippen molar-refractivity contribution in [3.05, 3.63) is 75.1 Å². The molecule has 0 radical (unpaired) electrons. The second-order valence-corrected chi connectivity index (χ2v) is 6.08. The van der Waals surface area contributed by atoms with Crippen LogP contribution in [0.2, 0.25) is 0 Å². The Labute approximate surface area is 147 Å². The first-order chi connectivity index (χ1) is 12.1. The fourth-order valence-corrected chi connectivity index (χ4v) is 2.92. The van der Waals surface area contributed by atoms with Gasteiger partial charge in [0.2, 0.25) is 0 Å². The third-order valence-electron chi connectivity index (χ3n) is 4.29. The van der Waals surface area contributed by atoms with Crippen LogP contribution >= 0.6 is 0 Å². The van der Waals surface area contributed by atoms with Crippen molar-refractivity contribution in [1.82, 2.24) is 0 Å². The molecular formula is C22H22O3. The van der Waals surface area contributed by atoms with Crippen molar-refractivity contribution in [2.24, 2.45) is 0 Å². The lowest BCUT2D eigenvalue weighted by Crippen LogP contribution is -2.09. The zero-order chi connectivity index (χ0) is 17.8. The first-order valence-corrected chi connectivity index (χ1v) is 8.51. The molecule has 128 valence electrons. The molecule has 0 aliphatic heterocycles. The van der Waals surface area contributed by atoms with Crippen LogP contribution in [0.15, 0.2) is 51.7 Å². The van der Waals surface area contributed by atoms with Gasteiger partial charge in [-0.25, -0.2) is 0 Å². The number of benzene rings is 2. The second-order valence-electron chi connectivity index (χ2n) is 6.08. The molecule has 0 aliphatic carbocycles. The van der Waals surface area contributed by atoms with E-state index in [-0.39, 0.29) is 5.43 Å². The van der Waals surface area contributed by atoms with E-state index in [1.807, 2.05) is 48.6 Å². The molecule has 0 unspecified atom stereocenters. The molecule has 0 atom stereocenters. The molecule has 0 bridgehead atoms. The predicted octanol–water partition coefficient (Wildman–Crippen LogP) is 5.23. The van der Waals surface area contributed by atoms with Gasteiger partial charge in [0.1, 0.15) is 17.1 Å². The summed E-state index contributed by atoms with van der Waals surface area (Å²) in [5.74, 6) is 1.29. The Morgan fingerprint density at radius 2 is 1.88 bits per heavy atom. The van der Waals surface area contributed by atoms with Gasteiger partial charge in [0.15, 0.2) is 5.43 Å². The van der Waals surface area contributed by atoms with Gasteiger partial charge in [0.05, 0.1) is 12.5 Å². The third-order valence-corrected chi connectivity index (χ3v) is 4.29. The summed E-state index contributed by atoms with van der Waals surface area (Å²) in [4.78, 5) is 12.8. The Balaban J connectivity index is 2.18. The van der Waals surface area contributed by atoms with E-state index in [2.05, 4.69) is 6.92 Å². The molecule has 3 aromatic rings. The summed E-state index contributed by atoms with van der Waals surface area (Å²) < 4.78 is 11.5. The molecule has 3 heteroatoms. The first kappa shape index (κ1) is 17.0. The van der Waals surface area contributed by atoms with Gasteiger partial charge in [-0.05, 0) is 42.7 Å². The quantitative estimate of drug-likeness (QED) is 0.641. The van der Waals surface area contributed by atoms with Gasteiger partial charge in [-0.3, -0.25) is 4.79 Å². The average molecular weight is 334 g/mol. The van der Waals surface area contributed by atoms with Crippen LogP contribution in [0.4, 0.5) is 0 Å². The molecule has 3 nitrogen and oxygen atoms in total. The Bertz CT molecular complexity index is 966. The SMILES string of the molecule is CCCc1cc(OC)cc2c(=O)c(C)c(/C=C/c3ccccc3)oc12. The number of hydrogen-bond donors (Lipinski definition) is 0. The summed E-state index contributed by atoms with van der Waals surface area (Å²) in [5, 5.41) is 0.581. The van der Waals surface area contributed by atoms with E-state index in [0.29, 0.717) is 28.0 Å². The number of methoxy groups -OCH3 is 1. The maximum atomic E-state index is 12.8. The van der Waals surface area contributed by atoms with Crippen molar-refractivity contribution in [3.63, 3.8) is 0 Å². The van der Waals surface area contributed by atoms with Crippen LogP contribution in [0, 0.1) is 6.92 Å². The molecule has 0 N–H and O–H groups in total. The van der Waals surface area contributed by atoms with Gasteiger partial charge in [0.25, 0.3) is 0 Å². The minimum absolute atomic E-state index is 0.00906. The lowest BCUT2D eigenvalue weighted by atomic mass is 10.0. The Hall–Kier alpha value is -2.81. The number of fused-ring (bicyclic) bond motifs is 1. The lowest BCUT2D eigenvalue weighted by molar-refractivity contribution is 0.414. The summed E-state index contributed by atoms with van der Waals surface area (Å²) in [6.07, 6.45) is 5.63. The van der Waals surface area contributed by atoms with E-state index >= 15 is 0 Å². The van der Waals surface area contributed by atoms with Crippen LogP contribution in [-0.2, 0) is 6.42 Å². The Morgan fingerprint density at radius 3 is 2.56 bits per heavy atom. The zero-order valence-corrected chi connectivity index (χ0v) is 14.8. The van der Waals surface area contributed by atoms with Crippen LogP contribution < -0.4 is 10.2 Å². The normalized spacial score (nSPS) is 11.3. The van der Waals surface area contributed by atoms with Gasteiger partial charge < -0.3 is 9.15 Å².